The van der Waals surface area contributed by atoms with Crippen molar-refractivity contribution < 1.29 is 27.8 Å². The van der Waals surface area contributed by atoms with Crippen LogP contribution in [-0.4, -0.2) is 17.5 Å². The topological polar surface area (TPSA) is 46.5 Å². The second-order valence-electron chi connectivity index (χ2n) is 11.1. The van der Waals surface area contributed by atoms with Gasteiger partial charge in [0, 0.05) is 6.42 Å². The summed E-state index contributed by atoms with van der Waals surface area (Å²) in [6, 6.07) is 2.39. The van der Waals surface area contributed by atoms with Gasteiger partial charge in [-0.2, -0.15) is 13.2 Å². The predicted octanol–water partition coefficient (Wildman–Crippen LogP) is 9.36. The van der Waals surface area contributed by atoms with Crippen molar-refractivity contribution in [2.45, 2.75) is 116 Å². The molecule has 0 amide bonds. The van der Waals surface area contributed by atoms with Crippen LogP contribution in [0.5, 0.6) is 11.5 Å². The lowest BCUT2D eigenvalue weighted by Gasteiger charge is -2.38. The second-order valence-corrected chi connectivity index (χ2v) is 11.1. The molecule has 0 aliphatic heterocycles. The van der Waals surface area contributed by atoms with Crippen molar-refractivity contribution in [3.63, 3.8) is 0 Å². The average molecular weight is 511 g/mol. The highest BCUT2D eigenvalue weighted by Gasteiger charge is 2.39. The molecule has 0 saturated heterocycles. The van der Waals surface area contributed by atoms with Crippen molar-refractivity contribution in [3.05, 3.63) is 23.3 Å². The first-order chi connectivity index (χ1) is 17.2. The molecule has 0 bridgehead atoms. The molecule has 0 unspecified atom stereocenters. The van der Waals surface area contributed by atoms with E-state index >= 15 is 0 Å². The lowest BCUT2D eigenvalue weighted by Crippen LogP contribution is -2.26. The van der Waals surface area contributed by atoms with Crippen molar-refractivity contribution in [1.82, 2.24) is 0 Å². The molecule has 0 radical (unpaired) electrons. The zero-order valence-corrected chi connectivity index (χ0v) is 22.2. The van der Waals surface area contributed by atoms with Crippen LogP contribution in [0.15, 0.2) is 12.1 Å². The molecule has 1 aromatic rings. The Morgan fingerprint density at radius 1 is 0.889 bits per heavy atom. The summed E-state index contributed by atoms with van der Waals surface area (Å²) in [6.07, 6.45) is 12.9. The molecule has 6 heteroatoms. The smallest absolute Gasteiger partial charge is 0.423 e. The van der Waals surface area contributed by atoms with E-state index < -0.39 is 29.0 Å². The molecular weight excluding hydrogens is 465 g/mol. The normalized spacial score (nSPS) is 25.0. The number of hydrogen-bond acceptors (Lipinski definition) is 3. The first kappa shape index (κ1) is 28.8. The average Bonchev–Trinajstić information content (AvgIpc) is 2.84. The third kappa shape index (κ3) is 7.89. The maximum atomic E-state index is 13.5. The van der Waals surface area contributed by atoms with Crippen LogP contribution in [0, 0.1) is 23.7 Å². The lowest BCUT2D eigenvalue weighted by atomic mass is 9.68. The van der Waals surface area contributed by atoms with Gasteiger partial charge >= 0.3 is 6.18 Å². The van der Waals surface area contributed by atoms with Crippen LogP contribution in [0.3, 0.4) is 0 Å². The summed E-state index contributed by atoms with van der Waals surface area (Å²) in [5.41, 5.74) is -1.52. The van der Waals surface area contributed by atoms with Gasteiger partial charge in [0.15, 0.2) is 5.78 Å². The Morgan fingerprint density at radius 2 is 1.44 bits per heavy atom. The van der Waals surface area contributed by atoms with Crippen molar-refractivity contribution in [2.75, 3.05) is 6.61 Å². The number of Topliss-reactive ketones (excluding diaryl/α,β-unsaturated/α-hetero) is 1. The standard InChI is InChI=1S/C30H45F3O3/c1-3-5-6-8-21-11-15-23(16-12-21)24-17-13-22(14-18-24)9-7-10-26(34)25-19-20-27(36-4-2)28(29(25)35)30(31,32)33/h19-24,35H,3-18H2,1-2H3. The number of unbranched alkanes of at least 4 members (excludes halogenated alkanes) is 2. The van der Waals surface area contributed by atoms with E-state index in [4.69, 9.17) is 4.74 Å². The molecule has 2 aliphatic carbocycles. The maximum absolute atomic E-state index is 13.5. The molecule has 1 N–H and O–H groups in total. The summed E-state index contributed by atoms with van der Waals surface area (Å²) in [5, 5.41) is 10.3. The maximum Gasteiger partial charge on any atom is 0.423 e. The summed E-state index contributed by atoms with van der Waals surface area (Å²) in [4.78, 5) is 12.7. The minimum Gasteiger partial charge on any atom is -0.506 e. The van der Waals surface area contributed by atoms with E-state index in [1.165, 1.54) is 83.1 Å². The van der Waals surface area contributed by atoms with Gasteiger partial charge in [0.25, 0.3) is 0 Å². The number of carbonyl (C=O) groups excluding carboxylic acids is 1. The van der Waals surface area contributed by atoms with E-state index in [1.807, 2.05) is 0 Å². The molecule has 3 nitrogen and oxygen atoms in total. The van der Waals surface area contributed by atoms with Gasteiger partial charge < -0.3 is 9.84 Å². The molecule has 0 aromatic heterocycles. The van der Waals surface area contributed by atoms with E-state index in [0.29, 0.717) is 12.3 Å². The van der Waals surface area contributed by atoms with Crippen LogP contribution in [0.2, 0.25) is 0 Å². The first-order valence-electron chi connectivity index (χ1n) is 14.3. The molecular formula is C30H45F3O3. The monoisotopic (exact) mass is 510 g/mol. The van der Waals surface area contributed by atoms with Crippen molar-refractivity contribution in [3.8, 4) is 11.5 Å². The molecule has 1 aromatic carbocycles. The van der Waals surface area contributed by atoms with Crippen molar-refractivity contribution in [2.24, 2.45) is 23.7 Å². The number of halogens is 3. The molecule has 36 heavy (non-hydrogen) atoms. The highest BCUT2D eigenvalue weighted by Crippen LogP contribution is 2.45. The number of rotatable bonds is 12. The summed E-state index contributed by atoms with van der Waals surface area (Å²) in [5.74, 6) is 1.38. The van der Waals surface area contributed by atoms with Crippen LogP contribution >= 0.6 is 0 Å². The Bertz CT molecular complexity index is 819. The van der Waals surface area contributed by atoms with Gasteiger partial charge in [-0.3, -0.25) is 4.79 Å². The quantitative estimate of drug-likeness (QED) is 0.225. The molecule has 204 valence electrons. The Hall–Kier alpha value is -1.72. The van der Waals surface area contributed by atoms with E-state index in [9.17, 15) is 23.1 Å². The third-order valence-electron chi connectivity index (χ3n) is 8.71. The molecule has 2 fully saturated rings. The van der Waals surface area contributed by atoms with Crippen molar-refractivity contribution in [1.29, 1.82) is 0 Å². The van der Waals surface area contributed by atoms with Crippen LogP contribution in [-0.2, 0) is 6.18 Å². The van der Waals surface area contributed by atoms with Crippen molar-refractivity contribution >= 4 is 5.78 Å². The fourth-order valence-electron chi connectivity index (χ4n) is 6.61. The Balaban J connectivity index is 1.41. The van der Waals surface area contributed by atoms with Gasteiger partial charge in [-0.15, -0.1) is 0 Å². The van der Waals surface area contributed by atoms with Crippen LogP contribution in [0.1, 0.15) is 126 Å². The molecule has 0 heterocycles. The van der Waals surface area contributed by atoms with E-state index in [1.54, 1.807) is 6.92 Å². The number of hydrogen-bond donors (Lipinski definition) is 1. The van der Waals surface area contributed by atoms with Crippen LogP contribution in [0.4, 0.5) is 13.2 Å². The highest BCUT2D eigenvalue weighted by molar-refractivity contribution is 5.99. The van der Waals surface area contributed by atoms with Gasteiger partial charge in [-0.25, -0.2) is 0 Å². The molecule has 0 spiro atoms. The first-order valence-corrected chi connectivity index (χ1v) is 14.3. The number of ether oxygens (including phenoxy) is 1. The lowest BCUT2D eigenvalue weighted by molar-refractivity contribution is -0.140. The predicted molar refractivity (Wildman–Crippen MR) is 137 cm³/mol. The number of alkyl halides is 3. The summed E-state index contributed by atoms with van der Waals surface area (Å²) < 4.78 is 45.4. The SMILES string of the molecule is CCCCCC1CCC(C2CCC(CCCC(=O)c3ccc(OCC)c(C(F)(F)F)c3O)CC2)CC1. The minimum absolute atomic E-state index is 0.0401. The second kappa shape index (κ2) is 13.7. The number of carbonyl (C=O) groups is 1. The van der Waals surface area contributed by atoms with Gasteiger partial charge in [0.05, 0.1) is 12.2 Å². The number of ketones is 1. The Morgan fingerprint density at radius 3 is 1.94 bits per heavy atom. The van der Waals surface area contributed by atoms with E-state index in [0.717, 1.165) is 30.2 Å². The number of phenols is 1. The molecule has 3 rings (SSSR count). The Labute approximate surface area is 215 Å². The van der Waals surface area contributed by atoms with E-state index in [2.05, 4.69) is 6.92 Å². The van der Waals surface area contributed by atoms with Gasteiger partial charge in [0.2, 0.25) is 0 Å². The third-order valence-corrected chi connectivity index (χ3v) is 8.71. The van der Waals surface area contributed by atoms with Crippen LogP contribution in [0.25, 0.3) is 0 Å². The zero-order valence-electron chi connectivity index (χ0n) is 22.2. The number of phenolic OH excluding ortho intramolecular Hbond substituents is 1. The minimum atomic E-state index is -4.79. The van der Waals surface area contributed by atoms with Gasteiger partial charge in [-0.05, 0) is 74.8 Å². The molecule has 2 saturated carbocycles. The summed E-state index contributed by atoms with van der Waals surface area (Å²) >= 11 is 0. The summed E-state index contributed by atoms with van der Waals surface area (Å²) in [6.45, 7) is 3.88. The van der Waals surface area contributed by atoms with E-state index in [-0.39, 0.29) is 18.6 Å². The van der Waals surface area contributed by atoms with Gasteiger partial charge in [0.1, 0.15) is 17.1 Å². The molecule has 2 aliphatic rings. The zero-order chi connectivity index (χ0) is 26.1. The van der Waals surface area contributed by atoms with Crippen LogP contribution < -0.4 is 4.74 Å². The summed E-state index contributed by atoms with van der Waals surface area (Å²) in [7, 11) is 0. The number of benzene rings is 1. The molecule has 0 atom stereocenters. The van der Waals surface area contributed by atoms with Gasteiger partial charge in [-0.1, -0.05) is 64.7 Å². The Kier molecular flexibility index (Phi) is 11.0. The largest absolute Gasteiger partial charge is 0.506 e. The number of aromatic hydroxyl groups is 1. The highest BCUT2D eigenvalue weighted by atomic mass is 19.4. The fraction of sp³-hybridized carbons (Fsp3) is 0.767. The fourth-order valence-corrected chi connectivity index (χ4v) is 6.61.